The Bertz CT molecular complexity index is 176. The fourth-order valence-electron chi connectivity index (χ4n) is 2.63. The molecule has 88 valence electrons. The second kappa shape index (κ2) is 5.80. The van der Waals surface area contributed by atoms with Crippen LogP contribution in [0.2, 0.25) is 0 Å². The number of nitrogens with one attached hydrogen (secondary N) is 1. The quantitative estimate of drug-likeness (QED) is 0.760. The highest BCUT2D eigenvalue weighted by molar-refractivity contribution is 4.81. The van der Waals surface area contributed by atoms with Gasteiger partial charge in [0.2, 0.25) is 0 Å². The van der Waals surface area contributed by atoms with E-state index < -0.39 is 6.17 Å². The minimum absolute atomic E-state index is 0.134. The van der Waals surface area contributed by atoms with Crippen molar-refractivity contribution >= 4 is 0 Å². The van der Waals surface area contributed by atoms with Gasteiger partial charge in [-0.15, -0.1) is 0 Å². The zero-order valence-corrected chi connectivity index (χ0v) is 9.38. The van der Waals surface area contributed by atoms with Crippen molar-refractivity contribution in [1.29, 1.82) is 0 Å². The monoisotopic (exact) mass is 215 g/mol. The van der Waals surface area contributed by atoms with Gasteiger partial charge in [0, 0.05) is 12.6 Å². The lowest BCUT2D eigenvalue weighted by Gasteiger charge is -2.16. The Hall–Kier alpha value is -0.150. The van der Waals surface area contributed by atoms with E-state index in [4.69, 9.17) is 4.74 Å². The third kappa shape index (κ3) is 3.42. The minimum Gasteiger partial charge on any atom is -0.378 e. The predicted octanol–water partition coefficient (Wildman–Crippen LogP) is 2.43. The molecule has 3 heteroatoms. The molecule has 2 aliphatic heterocycles. The molecule has 1 N–H and O–H groups in total. The van der Waals surface area contributed by atoms with E-state index in [1.54, 1.807) is 0 Å². The van der Waals surface area contributed by atoms with Crippen LogP contribution in [-0.2, 0) is 4.74 Å². The lowest BCUT2D eigenvalue weighted by atomic mass is 10.0. The highest BCUT2D eigenvalue weighted by Crippen LogP contribution is 2.21. The van der Waals surface area contributed by atoms with Gasteiger partial charge in [-0.1, -0.05) is 0 Å². The van der Waals surface area contributed by atoms with E-state index in [1.165, 1.54) is 12.8 Å². The number of rotatable bonds is 5. The summed E-state index contributed by atoms with van der Waals surface area (Å²) in [7, 11) is 0. The topological polar surface area (TPSA) is 21.3 Å². The first-order valence-electron chi connectivity index (χ1n) is 6.35. The molecule has 0 saturated carbocycles. The Kier molecular flexibility index (Phi) is 4.39. The van der Waals surface area contributed by atoms with Gasteiger partial charge in [0.15, 0.2) is 0 Å². The Balaban J connectivity index is 1.56. The van der Waals surface area contributed by atoms with Gasteiger partial charge in [-0.05, 0) is 51.5 Å². The van der Waals surface area contributed by atoms with Gasteiger partial charge >= 0.3 is 0 Å². The summed E-state index contributed by atoms with van der Waals surface area (Å²) >= 11 is 0. The van der Waals surface area contributed by atoms with Gasteiger partial charge in [0.25, 0.3) is 0 Å². The minimum atomic E-state index is -0.645. The van der Waals surface area contributed by atoms with Crippen LogP contribution in [0.15, 0.2) is 0 Å². The average molecular weight is 215 g/mol. The van der Waals surface area contributed by atoms with Crippen LogP contribution in [0.1, 0.15) is 44.9 Å². The largest absolute Gasteiger partial charge is 0.378 e. The maximum Gasteiger partial charge on any atom is 0.115 e. The van der Waals surface area contributed by atoms with Crippen molar-refractivity contribution < 1.29 is 9.13 Å². The van der Waals surface area contributed by atoms with E-state index in [2.05, 4.69) is 5.32 Å². The van der Waals surface area contributed by atoms with Gasteiger partial charge in [0.05, 0.1) is 6.10 Å². The first-order valence-corrected chi connectivity index (χ1v) is 6.35. The van der Waals surface area contributed by atoms with Gasteiger partial charge in [0.1, 0.15) is 6.17 Å². The molecule has 0 aromatic carbocycles. The van der Waals surface area contributed by atoms with E-state index in [0.717, 1.165) is 38.8 Å². The first-order chi connectivity index (χ1) is 7.36. The normalized spacial score (nSPS) is 33.4. The number of alkyl halides is 1. The zero-order valence-electron chi connectivity index (χ0n) is 9.38. The van der Waals surface area contributed by atoms with Crippen LogP contribution in [0.4, 0.5) is 4.39 Å². The summed E-state index contributed by atoms with van der Waals surface area (Å²) in [6.45, 7) is 1.91. The summed E-state index contributed by atoms with van der Waals surface area (Å²) in [4.78, 5) is 0. The molecule has 2 rings (SSSR count). The summed E-state index contributed by atoms with van der Waals surface area (Å²) in [5.41, 5.74) is 0. The Morgan fingerprint density at radius 3 is 2.93 bits per heavy atom. The van der Waals surface area contributed by atoms with Crippen molar-refractivity contribution in [3.8, 4) is 0 Å². The van der Waals surface area contributed by atoms with Gasteiger partial charge in [-0.25, -0.2) is 4.39 Å². The zero-order chi connectivity index (χ0) is 10.5. The van der Waals surface area contributed by atoms with Crippen LogP contribution < -0.4 is 5.32 Å². The molecule has 0 aromatic heterocycles. The third-order valence-corrected chi connectivity index (χ3v) is 3.57. The van der Waals surface area contributed by atoms with Crippen LogP contribution in [0.25, 0.3) is 0 Å². The van der Waals surface area contributed by atoms with Crippen LogP contribution >= 0.6 is 0 Å². The SMILES string of the molecule is FC(CCCC1CCCO1)C1CCCN1. The maximum atomic E-state index is 13.7. The van der Waals surface area contributed by atoms with Crippen molar-refractivity contribution in [3.63, 3.8) is 0 Å². The summed E-state index contributed by atoms with van der Waals surface area (Å²) in [6.07, 6.45) is 7.03. The van der Waals surface area contributed by atoms with E-state index >= 15 is 0 Å². The molecule has 2 nitrogen and oxygen atoms in total. The molecule has 15 heavy (non-hydrogen) atoms. The molecule has 0 bridgehead atoms. The fourth-order valence-corrected chi connectivity index (χ4v) is 2.63. The number of hydrogen-bond acceptors (Lipinski definition) is 2. The molecule has 0 amide bonds. The Morgan fingerprint density at radius 1 is 1.33 bits per heavy atom. The smallest absolute Gasteiger partial charge is 0.115 e. The van der Waals surface area contributed by atoms with Crippen molar-refractivity contribution in [1.82, 2.24) is 5.32 Å². The molecule has 0 spiro atoms. The fraction of sp³-hybridized carbons (Fsp3) is 1.00. The standard InChI is InChI=1S/C12H22FNO/c13-11(12-7-2-8-14-12)6-1-4-10-5-3-9-15-10/h10-12,14H,1-9H2. The lowest BCUT2D eigenvalue weighted by Crippen LogP contribution is -2.31. The van der Waals surface area contributed by atoms with Crippen molar-refractivity contribution in [2.75, 3.05) is 13.2 Å². The second-order valence-corrected chi connectivity index (χ2v) is 4.78. The predicted molar refractivity (Wildman–Crippen MR) is 58.7 cm³/mol. The first kappa shape index (κ1) is 11.3. The van der Waals surface area contributed by atoms with Gasteiger partial charge in [-0.2, -0.15) is 0 Å². The molecule has 2 saturated heterocycles. The van der Waals surface area contributed by atoms with E-state index in [0.29, 0.717) is 12.5 Å². The average Bonchev–Trinajstić information content (AvgIpc) is 2.90. The highest BCUT2D eigenvalue weighted by Gasteiger charge is 2.24. The molecule has 2 aliphatic rings. The van der Waals surface area contributed by atoms with Gasteiger partial charge in [-0.3, -0.25) is 0 Å². The van der Waals surface area contributed by atoms with Crippen molar-refractivity contribution in [3.05, 3.63) is 0 Å². The van der Waals surface area contributed by atoms with E-state index in [1.807, 2.05) is 0 Å². The molecule has 0 aromatic rings. The van der Waals surface area contributed by atoms with Crippen molar-refractivity contribution in [2.24, 2.45) is 0 Å². The number of halogens is 1. The highest BCUT2D eigenvalue weighted by atomic mass is 19.1. The molecular formula is C12H22FNO. The number of ether oxygens (including phenoxy) is 1. The molecule has 2 fully saturated rings. The van der Waals surface area contributed by atoms with Gasteiger partial charge < -0.3 is 10.1 Å². The van der Waals surface area contributed by atoms with Crippen LogP contribution in [0, 0.1) is 0 Å². The third-order valence-electron chi connectivity index (χ3n) is 3.57. The Labute approximate surface area is 91.6 Å². The summed E-state index contributed by atoms with van der Waals surface area (Å²) in [5, 5.41) is 3.23. The van der Waals surface area contributed by atoms with Crippen LogP contribution in [0.5, 0.6) is 0 Å². The molecule has 2 heterocycles. The van der Waals surface area contributed by atoms with Crippen molar-refractivity contribution in [2.45, 2.75) is 63.3 Å². The Morgan fingerprint density at radius 2 is 2.27 bits per heavy atom. The molecular weight excluding hydrogens is 193 g/mol. The van der Waals surface area contributed by atoms with Crippen LogP contribution in [-0.4, -0.2) is 31.5 Å². The molecule has 3 unspecified atom stereocenters. The second-order valence-electron chi connectivity index (χ2n) is 4.78. The maximum absolute atomic E-state index is 13.7. The van der Waals surface area contributed by atoms with E-state index in [9.17, 15) is 4.39 Å². The summed E-state index contributed by atoms with van der Waals surface area (Å²) < 4.78 is 19.2. The number of hydrogen-bond donors (Lipinski definition) is 1. The van der Waals surface area contributed by atoms with E-state index in [-0.39, 0.29) is 6.04 Å². The summed E-state index contributed by atoms with van der Waals surface area (Å²) in [5.74, 6) is 0. The molecule has 0 aliphatic carbocycles. The summed E-state index contributed by atoms with van der Waals surface area (Å²) in [6, 6.07) is 0.134. The molecule has 0 radical (unpaired) electrons. The van der Waals surface area contributed by atoms with Crippen LogP contribution in [0.3, 0.4) is 0 Å². The molecule has 3 atom stereocenters. The lowest BCUT2D eigenvalue weighted by molar-refractivity contribution is 0.0987.